The van der Waals surface area contributed by atoms with Crippen LogP contribution in [-0.4, -0.2) is 39.6 Å². The van der Waals surface area contributed by atoms with Crippen LogP contribution in [0.2, 0.25) is 0 Å². The molecule has 332 valence electrons. The Morgan fingerprint density at radius 3 is 0.892 bits per heavy atom. The van der Waals surface area contributed by atoms with Gasteiger partial charge in [0.05, 0.1) is 39.1 Å². The molecule has 8 bridgehead atoms. The van der Waals surface area contributed by atoms with E-state index < -0.39 is 143 Å². The summed E-state index contributed by atoms with van der Waals surface area (Å²) in [6, 6.07) is 7.13. The molecule has 1 aliphatic heterocycles. The molecule has 7 nitrogen and oxygen atoms in total. The quantitative estimate of drug-likeness (QED) is 0.0418. The molecule has 0 unspecified atom stereocenters. The highest BCUT2D eigenvalue weighted by atomic mass is 19.2. The van der Waals surface area contributed by atoms with Crippen LogP contribution >= 0.6 is 0 Å². The molecule has 0 saturated heterocycles. The first-order valence-electron chi connectivity index (χ1n) is 19.1. The molecular weight excluding hydrogens is 879 g/mol. The van der Waals surface area contributed by atoms with Gasteiger partial charge >= 0.3 is 0 Å². The highest BCUT2D eigenvalue weighted by Gasteiger charge is 2.33. The Morgan fingerprint density at radius 1 is 0.354 bits per heavy atom. The first-order valence-corrected chi connectivity index (χ1v) is 19.1. The lowest BCUT2D eigenvalue weighted by molar-refractivity contribution is 0.463. The summed E-state index contributed by atoms with van der Waals surface area (Å²) < 4.78 is 192. The summed E-state index contributed by atoms with van der Waals surface area (Å²) in [7, 11) is 0. The third-order valence-electron chi connectivity index (χ3n) is 10.4. The van der Waals surface area contributed by atoms with Crippen LogP contribution in [0.1, 0.15) is 11.4 Å². The van der Waals surface area contributed by atoms with E-state index in [0.717, 1.165) is 36.4 Å². The molecule has 0 atom stereocenters. The molecule has 0 radical (unpaired) electrons. The van der Waals surface area contributed by atoms with Gasteiger partial charge in [-0.05, 0) is 48.6 Å². The van der Waals surface area contributed by atoms with Gasteiger partial charge in [0.25, 0.3) is 0 Å². The predicted octanol–water partition coefficient (Wildman–Crippen LogP) is 13.2. The number of rotatable bonds is 12. The van der Waals surface area contributed by atoms with Crippen LogP contribution in [0.25, 0.3) is 78.6 Å². The second-order valence-electron chi connectivity index (χ2n) is 14.2. The number of nitrogens with one attached hydrogen (secondary N) is 6. The average Bonchev–Trinajstić information content (AvgIpc) is 4.15. The van der Waals surface area contributed by atoms with E-state index in [4.69, 9.17) is 0 Å². The maximum Gasteiger partial charge on any atom is 0.185 e. The molecular formula is C46H29F12N7. The van der Waals surface area contributed by atoms with Crippen molar-refractivity contribution < 1.29 is 52.7 Å². The van der Waals surface area contributed by atoms with Crippen molar-refractivity contribution in [2.45, 2.75) is 0 Å². The van der Waals surface area contributed by atoms with Gasteiger partial charge in [0, 0.05) is 58.4 Å². The number of fused-ring (bicyclic) bond motifs is 9. The molecule has 8 rings (SSSR count). The zero-order chi connectivity index (χ0) is 46.6. The van der Waals surface area contributed by atoms with E-state index in [1.54, 1.807) is 0 Å². The maximum absolute atomic E-state index is 16.4. The number of halogens is 12. The highest BCUT2D eigenvalue weighted by Crippen LogP contribution is 2.44. The Kier molecular flexibility index (Phi) is 11.5. The number of H-pyrrole nitrogens is 3. The molecule has 3 aromatic carbocycles. The Hall–Kier alpha value is -7.83. The summed E-state index contributed by atoms with van der Waals surface area (Å²) in [6.07, 6.45) is 5.48. The van der Waals surface area contributed by atoms with Crippen molar-refractivity contribution in [3.63, 3.8) is 0 Å². The van der Waals surface area contributed by atoms with Crippen LogP contribution in [-0.2, 0) is 0 Å². The van der Waals surface area contributed by atoms with Crippen LogP contribution in [0, 0.1) is 69.8 Å². The SMILES string of the molecule is C=CCNc1c(F)c(F)c(-c2c3nc(c(-c4c(F)c(F)c(NCC=C)c(F)c4F)c4ccc([nH]4)c4ccc([nH]4)c(-c4c(F)c(F)c(NCC=C)c(F)c4F)c4ccc2[nH]4)C=C3)c(F)c1F. The number of aromatic nitrogens is 4. The maximum atomic E-state index is 16.4. The number of hydrogen-bond acceptors (Lipinski definition) is 4. The third kappa shape index (κ3) is 7.12. The van der Waals surface area contributed by atoms with Gasteiger partial charge in [-0.25, -0.2) is 57.7 Å². The summed E-state index contributed by atoms with van der Waals surface area (Å²) in [6.45, 7) is 9.20. The van der Waals surface area contributed by atoms with E-state index in [1.807, 2.05) is 0 Å². The lowest BCUT2D eigenvalue weighted by atomic mass is 10.0. The van der Waals surface area contributed by atoms with Gasteiger partial charge in [-0.3, -0.25) is 0 Å². The first kappa shape index (κ1) is 43.8. The topological polar surface area (TPSA) is 96.3 Å². The molecule has 5 heterocycles. The number of anilines is 3. The zero-order valence-electron chi connectivity index (χ0n) is 33.1. The van der Waals surface area contributed by atoms with Crippen molar-refractivity contribution >= 4 is 62.3 Å². The third-order valence-corrected chi connectivity index (χ3v) is 10.4. The van der Waals surface area contributed by atoms with Gasteiger partial charge in [-0.2, -0.15) is 0 Å². The lowest BCUT2D eigenvalue weighted by Gasteiger charge is -2.14. The van der Waals surface area contributed by atoms with Crippen molar-refractivity contribution in [3.8, 4) is 33.4 Å². The van der Waals surface area contributed by atoms with Crippen LogP contribution in [0.3, 0.4) is 0 Å². The Balaban J connectivity index is 1.58. The summed E-state index contributed by atoms with van der Waals surface area (Å²) in [4.78, 5) is 12.7. The Labute approximate surface area is 358 Å². The summed E-state index contributed by atoms with van der Waals surface area (Å²) >= 11 is 0. The number of hydrogen-bond donors (Lipinski definition) is 6. The standard InChI is InChI=1S/C46H29F12N7/c1-4-15-59-44-38(53)32(47)29(33(48)39(44)54)26-20-9-7-18(62-20)19-8-10-21(63-19)27(30-34(49)40(55)45(60-16-5-2)41(56)35(30)50)23-12-14-25(65-23)28(24-13-11-22(26)64-24)31-36(51)42(57)46(61-17-6-3)43(58)37(31)52/h4-14,59-64H,1-3,15-17H2. The monoisotopic (exact) mass is 907 g/mol. The molecule has 6 N–H and O–H groups in total. The fourth-order valence-electron chi connectivity index (χ4n) is 7.48. The van der Waals surface area contributed by atoms with Gasteiger partial charge in [0.1, 0.15) is 17.1 Å². The van der Waals surface area contributed by atoms with Gasteiger partial charge in [0.2, 0.25) is 0 Å². The molecule has 0 aliphatic carbocycles. The molecule has 0 spiro atoms. The Bertz CT molecular complexity index is 3240. The minimum atomic E-state index is -2.01. The molecule has 7 aromatic rings. The number of nitrogens with zero attached hydrogens (tertiary/aromatic N) is 1. The molecule has 0 fully saturated rings. The van der Waals surface area contributed by atoms with Gasteiger partial charge in [-0.1, -0.05) is 18.2 Å². The second kappa shape index (κ2) is 17.0. The lowest BCUT2D eigenvalue weighted by Crippen LogP contribution is -2.10. The minimum Gasteiger partial charge on any atom is -0.377 e. The van der Waals surface area contributed by atoms with E-state index >= 15 is 52.7 Å². The molecule has 4 aromatic heterocycles. The fourth-order valence-corrected chi connectivity index (χ4v) is 7.48. The van der Waals surface area contributed by atoms with Crippen LogP contribution < -0.4 is 16.0 Å². The molecule has 65 heavy (non-hydrogen) atoms. The number of benzene rings is 3. The first-order chi connectivity index (χ1) is 31.1. The summed E-state index contributed by atoms with van der Waals surface area (Å²) in [5.41, 5.74) is -12.2. The molecule has 0 saturated carbocycles. The average molecular weight is 908 g/mol. The van der Waals surface area contributed by atoms with Gasteiger partial charge < -0.3 is 30.9 Å². The van der Waals surface area contributed by atoms with Crippen molar-refractivity contribution in [2.24, 2.45) is 0 Å². The van der Waals surface area contributed by atoms with Crippen molar-refractivity contribution in [1.82, 2.24) is 19.9 Å². The van der Waals surface area contributed by atoms with E-state index in [1.165, 1.54) is 30.3 Å². The van der Waals surface area contributed by atoms with Gasteiger partial charge in [0.15, 0.2) is 69.8 Å². The van der Waals surface area contributed by atoms with E-state index in [-0.39, 0.29) is 41.7 Å². The zero-order valence-corrected chi connectivity index (χ0v) is 33.1. The summed E-state index contributed by atoms with van der Waals surface area (Å²) in [5.74, 6) is -22.9. The number of aromatic amines is 3. The van der Waals surface area contributed by atoms with Crippen molar-refractivity contribution in [2.75, 3.05) is 35.6 Å². The molecule has 19 heteroatoms. The van der Waals surface area contributed by atoms with Crippen LogP contribution in [0.4, 0.5) is 69.7 Å². The predicted molar refractivity (Wildman–Crippen MR) is 227 cm³/mol. The van der Waals surface area contributed by atoms with Crippen molar-refractivity contribution in [1.29, 1.82) is 0 Å². The molecule has 1 aliphatic rings. The highest BCUT2D eigenvalue weighted by molar-refractivity contribution is 6.00. The molecule has 0 amide bonds. The largest absolute Gasteiger partial charge is 0.377 e. The van der Waals surface area contributed by atoms with Crippen LogP contribution in [0.5, 0.6) is 0 Å². The summed E-state index contributed by atoms with van der Waals surface area (Å²) in [5, 5.41) is 6.54. The normalized spacial score (nSPS) is 11.7. The second-order valence-corrected chi connectivity index (χ2v) is 14.2. The van der Waals surface area contributed by atoms with Crippen LogP contribution in [0.15, 0.2) is 74.4 Å². The van der Waals surface area contributed by atoms with E-state index in [9.17, 15) is 0 Å². The fraction of sp³-hybridized carbons (Fsp3) is 0.0652. The van der Waals surface area contributed by atoms with Crippen molar-refractivity contribution in [3.05, 3.63) is 156 Å². The Morgan fingerprint density at radius 2 is 0.600 bits per heavy atom. The van der Waals surface area contributed by atoms with Gasteiger partial charge in [-0.15, -0.1) is 19.7 Å². The van der Waals surface area contributed by atoms with E-state index in [0.29, 0.717) is 0 Å². The smallest absolute Gasteiger partial charge is 0.185 e. The van der Waals surface area contributed by atoms with E-state index in [2.05, 4.69) is 55.6 Å². The minimum absolute atomic E-state index is 0.0535.